The van der Waals surface area contributed by atoms with Crippen LogP contribution in [-0.4, -0.2) is 80.1 Å². The Balaban J connectivity index is 1.46. The Hall–Kier alpha value is -1.82. The number of rotatable bonds is 4. The van der Waals surface area contributed by atoms with Gasteiger partial charge in [-0.15, -0.1) is 0 Å². The lowest BCUT2D eigenvalue weighted by Gasteiger charge is -2.37. The molecule has 0 amide bonds. The van der Waals surface area contributed by atoms with Crippen molar-refractivity contribution in [3.8, 4) is 0 Å². The van der Waals surface area contributed by atoms with E-state index in [-0.39, 0.29) is 0 Å². The molecule has 2 saturated heterocycles. The fourth-order valence-electron chi connectivity index (χ4n) is 3.62. The number of nitrogens with one attached hydrogen (secondary N) is 1. The van der Waals surface area contributed by atoms with E-state index in [0.717, 1.165) is 50.4 Å². The van der Waals surface area contributed by atoms with Crippen molar-refractivity contribution in [1.29, 1.82) is 0 Å². The zero-order chi connectivity index (χ0) is 16.8. The van der Waals surface area contributed by atoms with E-state index in [1.165, 1.54) is 26.1 Å². The lowest BCUT2D eigenvalue weighted by molar-refractivity contribution is 0.337. The molecule has 1 aromatic rings. The molecule has 3 heterocycles. The Morgan fingerprint density at radius 2 is 2.08 bits per heavy atom. The maximum atomic E-state index is 4.49. The Kier molecular flexibility index (Phi) is 5.91. The number of anilines is 1. The van der Waals surface area contributed by atoms with Gasteiger partial charge in [-0.3, -0.25) is 4.99 Å². The van der Waals surface area contributed by atoms with Crippen molar-refractivity contribution in [3.05, 3.63) is 24.4 Å². The summed E-state index contributed by atoms with van der Waals surface area (Å²) in [4.78, 5) is 16.2. The van der Waals surface area contributed by atoms with Crippen LogP contribution in [0.3, 0.4) is 0 Å². The van der Waals surface area contributed by atoms with Crippen LogP contribution >= 0.6 is 0 Å². The van der Waals surface area contributed by atoms with Gasteiger partial charge in [-0.2, -0.15) is 0 Å². The molecule has 6 nitrogen and oxygen atoms in total. The number of pyridine rings is 1. The summed E-state index contributed by atoms with van der Waals surface area (Å²) in [5.74, 6) is 2.87. The van der Waals surface area contributed by atoms with Gasteiger partial charge in [0.05, 0.1) is 0 Å². The predicted octanol–water partition coefficient (Wildman–Crippen LogP) is 1.12. The molecular formula is C18H30N6. The summed E-state index contributed by atoms with van der Waals surface area (Å²) in [5.41, 5.74) is 0. The first-order valence-electron chi connectivity index (χ1n) is 9.14. The lowest BCUT2D eigenvalue weighted by atomic mass is 10.1. The molecule has 2 aliphatic heterocycles. The van der Waals surface area contributed by atoms with Gasteiger partial charge in [0.1, 0.15) is 5.82 Å². The normalized spacial score (nSPS) is 22.9. The van der Waals surface area contributed by atoms with Crippen LogP contribution in [0.2, 0.25) is 0 Å². The van der Waals surface area contributed by atoms with E-state index in [4.69, 9.17) is 0 Å². The summed E-state index contributed by atoms with van der Waals surface area (Å²) in [5, 5.41) is 3.60. The van der Waals surface area contributed by atoms with Gasteiger partial charge >= 0.3 is 0 Å². The average molecular weight is 330 g/mol. The second-order valence-electron chi connectivity index (χ2n) is 6.64. The van der Waals surface area contributed by atoms with Crippen molar-refractivity contribution in [2.24, 2.45) is 10.9 Å². The average Bonchev–Trinajstić information content (AvgIpc) is 3.12. The number of aliphatic imine (C=N–C) groups is 1. The highest BCUT2D eigenvalue weighted by atomic mass is 15.4. The van der Waals surface area contributed by atoms with Crippen molar-refractivity contribution in [2.75, 3.05) is 64.3 Å². The van der Waals surface area contributed by atoms with Gasteiger partial charge in [0.25, 0.3) is 0 Å². The van der Waals surface area contributed by atoms with Crippen molar-refractivity contribution in [3.63, 3.8) is 0 Å². The smallest absolute Gasteiger partial charge is 0.193 e. The monoisotopic (exact) mass is 330 g/mol. The van der Waals surface area contributed by atoms with E-state index in [9.17, 15) is 0 Å². The minimum atomic E-state index is 0.747. The van der Waals surface area contributed by atoms with Gasteiger partial charge < -0.3 is 20.0 Å². The molecule has 0 bridgehead atoms. The molecule has 0 aromatic carbocycles. The van der Waals surface area contributed by atoms with Crippen molar-refractivity contribution < 1.29 is 0 Å². The van der Waals surface area contributed by atoms with E-state index < -0.39 is 0 Å². The molecule has 0 aliphatic carbocycles. The molecule has 132 valence electrons. The molecule has 2 fully saturated rings. The molecule has 1 aromatic heterocycles. The Bertz CT molecular complexity index is 524. The SMILES string of the molecule is CCN1CCC(CNC(=NC)N2CCN(c3ccccn3)CC2)C1. The molecule has 2 aliphatic rings. The van der Waals surface area contributed by atoms with Gasteiger partial charge in [0, 0.05) is 52.5 Å². The zero-order valence-electron chi connectivity index (χ0n) is 15.0. The molecule has 0 saturated carbocycles. The van der Waals surface area contributed by atoms with Crippen LogP contribution in [0.25, 0.3) is 0 Å². The van der Waals surface area contributed by atoms with Crippen LogP contribution in [0.5, 0.6) is 0 Å². The third-order valence-electron chi connectivity index (χ3n) is 5.13. The molecule has 1 atom stereocenters. The summed E-state index contributed by atoms with van der Waals surface area (Å²) in [6.07, 6.45) is 3.16. The number of guanidine groups is 1. The summed E-state index contributed by atoms with van der Waals surface area (Å²) < 4.78 is 0. The molecule has 0 radical (unpaired) electrons. The highest BCUT2D eigenvalue weighted by Crippen LogP contribution is 2.15. The first kappa shape index (κ1) is 17.0. The van der Waals surface area contributed by atoms with Crippen LogP contribution in [0.4, 0.5) is 5.82 Å². The standard InChI is InChI=1S/C18H30N6/c1-3-22-9-7-16(15-22)14-21-18(19-2)24-12-10-23(11-13-24)17-6-4-5-8-20-17/h4-6,8,16H,3,7,9-15H2,1-2H3,(H,19,21). The lowest BCUT2D eigenvalue weighted by Crippen LogP contribution is -2.53. The number of piperazine rings is 1. The number of aromatic nitrogens is 1. The van der Waals surface area contributed by atoms with Crippen LogP contribution in [0.1, 0.15) is 13.3 Å². The Morgan fingerprint density at radius 1 is 1.25 bits per heavy atom. The molecule has 3 rings (SSSR count). The van der Waals surface area contributed by atoms with Gasteiger partial charge in [-0.05, 0) is 37.6 Å². The van der Waals surface area contributed by atoms with Crippen LogP contribution in [0, 0.1) is 5.92 Å². The quantitative estimate of drug-likeness (QED) is 0.662. The first-order valence-corrected chi connectivity index (χ1v) is 9.14. The van der Waals surface area contributed by atoms with Crippen molar-refractivity contribution in [1.82, 2.24) is 20.1 Å². The third kappa shape index (κ3) is 4.17. The number of hydrogen-bond acceptors (Lipinski definition) is 4. The second kappa shape index (κ2) is 8.33. The molecule has 1 N–H and O–H groups in total. The zero-order valence-corrected chi connectivity index (χ0v) is 15.0. The topological polar surface area (TPSA) is 47.0 Å². The van der Waals surface area contributed by atoms with Gasteiger partial charge in [0.2, 0.25) is 0 Å². The Labute approximate surface area is 145 Å². The van der Waals surface area contributed by atoms with Crippen molar-refractivity contribution >= 4 is 11.8 Å². The summed E-state index contributed by atoms with van der Waals surface area (Å²) in [7, 11) is 1.89. The van der Waals surface area contributed by atoms with Crippen LogP contribution < -0.4 is 10.2 Å². The Morgan fingerprint density at radius 3 is 2.71 bits per heavy atom. The third-order valence-corrected chi connectivity index (χ3v) is 5.13. The first-order chi connectivity index (χ1) is 11.8. The van der Waals surface area contributed by atoms with E-state index in [1.807, 2.05) is 19.3 Å². The van der Waals surface area contributed by atoms with Crippen LogP contribution in [0.15, 0.2) is 29.4 Å². The van der Waals surface area contributed by atoms with Crippen LogP contribution in [-0.2, 0) is 0 Å². The van der Waals surface area contributed by atoms with E-state index in [0.29, 0.717) is 0 Å². The fourth-order valence-corrected chi connectivity index (χ4v) is 3.62. The fraction of sp³-hybridized carbons (Fsp3) is 0.667. The van der Waals surface area contributed by atoms with E-state index >= 15 is 0 Å². The summed E-state index contributed by atoms with van der Waals surface area (Å²) in [6, 6.07) is 6.10. The predicted molar refractivity (Wildman–Crippen MR) is 99.6 cm³/mol. The highest BCUT2D eigenvalue weighted by molar-refractivity contribution is 5.80. The molecular weight excluding hydrogens is 300 g/mol. The molecule has 6 heteroatoms. The van der Waals surface area contributed by atoms with E-state index in [1.54, 1.807) is 0 Å². The largest absolute Gasteiger partial charge is 0.356 e. The van der Waals surface area contributed by atoms with E-state index in [2.05, 4.69) is 49.0 Å². The number of nitrogens with zero attached hydrogens (tertiary/aromatic N) is 5. The summed E-state index contributed by atoms with van der Waals surface area (Å²) >= 11 is 0. The minimum Gasteiger partial charge on any atom is -0.356 e. The number of hydrogen-bond donors (Lipinski definition) is 1. The maximum Gasteiger partial charge on any atom is 0.193 e. The summed E-state index contributed by atoms with van der Waals surface area (Å²) in [6.45, 7) is 10.9. The number of likely N-dealkylation sites (tertiary alicyclic amines) is 1. The van der Waals surface area contributed by atoms with Gasteiger partial charge in [-0.1, -0.05) is 13.0 Å². The molecule has 0 spiro atoms. The second-order valence-corrected chi connectivity index (χ2v) is 6.64. The van der Waals surface area contributed by atoms with Gasteiger partial charge in [-0.25, -0.2) is 4.98 Å². The highest BCUT2D eigenvalue weighted by Gasteiger charge is 2.23. The molecule has 24 heavy (non-hydrogen) atoms. The molecule has 1 unspecified atom stereocenters. The minimum absolute atomic E-state index is 0.747. The maximum absolute atomic E-state index is 4.49. The van der Waals surface area contributed by atoms with Crippen molar-refractivity contribution in [2.45, 2.75) is 13.3 Å². The van der Waals surface area contributed by atoms with Gasteiger partial charge in [0.15, 0.2) is 5.96 Å².